The molecule has 1 N–H and O–H groups in total. The maximum Gasteiger partial charge on any atom is 0.252 e. The number of rotatable bonds is 10. The average Bonchev–Trinajstić information content (AvgIpc) is 2.75. The summed E-state index contributed by atoms with van der Waals surface area (Å²) in [6.45, 7) is 4.84. The van der Waals surface area contributed by atoms with Crippen LogP contribution in [0.15, 0.2) is 42.5 Å². The highest BCUT2D eigenvalue weighted by Crippen LogP contribution is 2.34. The third kappa shape index (κ3) is 5.99. The van der Waals surface area contributed by atoms with Crippen LogP contribution >= 0.6 is 23.2 Å². The third-order valence-electron chi connectivity index (χ3n) is 5.62. The number of benzene rings is 2. The molecule has 2 aromatic carbocycles. The molecular weight excluding hydrogens is 427 g/mol. The molecule has 0 bridgehead atoms. The first kappa shape index (κ1) is 23.6. The standard InChI is InChI=1S/C26H30Cl2N2O/c1-3-4-5-6-7-8-11-16-29-26(31)24-18(2)25(20-15-14-19(27)17-22(20)28)30-23-13-10-9-12-21(23)24/h9-10,12-15,17H,3-8,11,16H2,1-2H3,(H,29,31). The van der Waals surface area contributed by atoms with Crippen molar-refractivity contribution in [2.75, 3.05) is 6.54 Å². The highest BCUT2D eigenvalue weighted by Gasteiger charge is 2.20. The van der Waals surface area contributed by atoms with Gasteiger partial charge < -0.3 is 5.32 Å². The smallest absolute Gasteiger partial charge is 0.252 e. The summed E-state index contributed by atoms with van der Waals surface area (Å²) in [5.74, 6) is -0.0616. The molecule has 1 heterocycles. The van der Waals surface area contributed by atoms with Gasteiger partial charge in [-0.2, -0.15) is 0 Å². The fraction of sp³-hybridized carbons (Fsp3) is 0.385. The third-order valence-corrected chi connectivity index (χ3v) is 6.16. The number of hydrogen-bond donors (Lipinski definition) is 1. The Morgan fingerprint density at radius 2 is 1.68 bits per heavy atom. The first-order chi connectivity index (χ1) is 15.0. The highest BCUT2D eigenvalue weighted by molar-refractivity contribution is 6.36. The molecule has 0 unspecified atom stereocenters. The molecule has 0 saturated carbocycles. The first-order valence-corrected chi connectivity index (χ1v) is 11.9. The number of fused-ring (bicyclic) bond motifs is 1. The molecule has 164 valence electrons. The van der Waals surface area contributed by atoms with Crippen LogP contribution in [0.5, 0.6) is 0 Å². The minimum atomic E-state index is -0.0616. The lowest BCUT2D eigenvalue weighted by Crippen LogP contribution is -2.26. The lowest BCUT2D eigenvalue weighted by Gasteiger charge is -2.15. The Hall–Kier alpha value is -2.10. The molecule has 0 saturated heterocycles. The monoisotopic (exact) mass is 456 g/mol. The van der Waals surface area contributed by atoms with Crippen molar-refractivity contribution >= 4 is 40.0 Å². The quantitative estimate of drug-likeness (QED) is 0.314. The van der Waals surface area contributed by atoms with Crippen molar-refractivity contribution in [3.05, 3.63) is 63.6 Å². The van der Waals surface area contributed by atoms with Crippen LogP contribution in [0.4, 0.5) is 0 Å². The van der Waals surface area contributed by atoms with Gasteiger partial charge in [-0.25, -0.2) is 4.98 Å². The van der Waals surface area contributed by atoms with Gasteiger partial charge in [0.2, 0.25) is 0 Å². The lowest BCUT2D eigenvalue weighted by atomic mass is 9.97. The molecule has 3 aromatic rings. The second-order valence-corrected chi connectivity index (χ2v) is 8.82. The van der Waals surface area contributed by atoms with Crippen molar-refractivity contribution in [3.63, 3.8) is 0 Å². The molecule has 0 radical (unpaired) electrons. The van der Waals surface area contributed by atoms with Crippen molar-refractivity contribution < 1.29 is 4.79 Å². The van der Waals surface area contributed by atoms with Gasteiger partial charge in [-0.05, 0) is 43.2 Å². The predicted molar refractivity (Wildman–Crippen MR) is 132 cm³/mol. The molecule has 1 amide bonds. The topological polar surface area (TPSA) is 42.0 Å². The number of nitrogens with zero attached hydrogens (tertiary/aromatic N) is 1. The van der Waals surface area contributed by atoms with Crippen molar-refractivity contribution in [2.45, 2.75) is 58.8 Å². The van der Waals surface area contributed by atoms with E-state index in [1.807, 2.05) is 37.3 Å². The van der Waals surface area contributed by atoms with Crippen LogP contribution in [0, 0.1) is 6.92 Å². The molecule has 3 rings (SSSR count). The second-order valence-electron chi connectivity index (χ2n) is 7.98. The zero-order valence-corrected chi connectivity index (χ0v) is 19.8. The summed E-state index contributed by atoms with van der Waals surface area (Å²) in [6.07, 6.45) is 8.53. The number of aromatic nitrogens is 1. The molecule has 5 heteroatoms. The van der Waals surface area contributed by atoms with Crippen molar-refractivity contribution in [1.82, 2.24) is 10.3 Å². The van der Waals surface area contributed by atoms with Crippen LogP contribution in [-0.2, 0) is 0 Å². The molecule has 0 aliphatic carbocycles. The minimum Gasteiger partial charge on any atom is -0.352 e. The molecule has 0 aliphatic heterocycles. The van der Waals surface area contributed by atoms with E-state index in [1.54, 1.807) is 12.1 Å². The molecule has 0 spiro atoms. The normalized spacial score (nSPS) is 11.1. The highest BCUT2D eigenvalue weighted by atomic mass is 35.5. The largest absolute Gasteiger partial charge is 0.352 e. The van der Waals surface area contributed by atoms with E-state index in [0.717, 1.165) is 34.9 Å². The van der Waals surface area contributed by atoms with E-state index < -0.39 is 0 Å². The van der Waals surface area contributed by atoms with E-state index in [-0.39, 0.29) is 5.91 Å². The summed E-state index contributed by atoms with van der Waals surface area (Å²) >= 11 is 12.5. The zero-order valence-electron chi connectivity index (χ0n) is 18.3. The maximum atomic E-state index is 13.2. The first-order valence-electron chi connectivity index (χ1n) is 11.2. The van der Waals surface area contributed by atoms with E-state index in [2.05, 4.69) is 12.2 Å². The van der Waals surface area contributed by atoms with Gasteiger partial charge in [0.05, 0.1) is 21.8 Å². The fourth-order valence-corrected chi connectivity index (χ4v) is 4.41. The summed E-state index contributed by atoms with van der Waals surface area (Å²) in [7, 11) is 0. The fourth-order valence-electron chi connectivity index (χ4n) is 3.92. The summed E-state index contributed by atoms with van der Waals surface area (Å²) in [4.78, 5) is 18.0. The van der Waals surface area contributed by atoms with E-state index in [9.17, 15) is 4.79 Å². The Labute approximate surface area is 195 Å². The molecule has 0 atom stereocenters. The van der Waals surface area contributed by atoms with Crippen LogP contribution in [0.3, 0.4) is 0 Å². The van der Waals surface area contributed by atoms with E-state index in [4.69, 9.17) is 28.2 Å². The van der Waals surface area contributed by atoms with Gasteiger partial charge in [-0.3, -0.25) is 4.79 Å². The van der Waals surface area contributed by atoms with Crippen LogP contribution in [0.1, 0.15) is 67.8 Å². The van der Waals surface area contributed by atoms with Gasteiger partial charge in [0, 0.05) is 22.5 Å². The number of pyridine rings is 1. The number of amides is 1. The summed E-state index contributed by atoms with van der Waals surface area (Å²) in [6, 6.07) is 13.1. The van der Waals surface area contributed by atoms with Crippen molar-refractivity contribution in [1.29, 1.82) is 0 Å². The predicted octanol–water partition coefficient (Wildman–Crippen LogP) is 8.00. The lowest BCUT2D eigenvalue weighted by molar-refractivity contribution is 0.0954. The number of nitrogens with one attached hydrogen (secondary N) is 1. The number of carbonyl (C=O) groups is 1. The Kier molecular flexibility index (Phi) is 8.74. The SMILES string of the molecule is CCCCCCCCCNC(=O)c1c(C)c(-c2ccc(Cl)cc2Cl)nc2ccccc12. The van der Waals surface area contributed by atoms with Crippen LogP contribution in [-0.4, -0.2) is 17.4 Å². The van der Waals surface area contributed by atoms with Crippen LogP contribution in [0.2, 0.25) is 10.0 Å². The maximum absolute atomic E-state index is 13.2. The zero-order chi connectivity index (χ0) is 22.2. The van der Waals surface area contributed by atoms with Gasteiger partial charge in [0.1, 0.15) is 0 Å². The van der Waals surface area contributed by atoms with Crippen molar-refractivity contribution in [3.8, 4) is 11.3 Å². The molecule has 3 nitrogen and oxygen atoms in total. The molecule has 31 heavy (non-hydrogen) atoms. The van der Waals surface area contributed by atoms with E-state index >= 15 is 0 Å². The van der Waals surface area contributed by atoms with Crippen LogP contribution < -0.4 is 5.32 Å². The van der Waals surface area contributed by atoms with Crippen LogP contribution in [0.25, 0.3) is 22.2 Å². The molecule has 1 aromatic heterocycles. The van der Waals surface area contributed by atoms with Crippen molar-refractivity contribution in [2.24, 2.45) is 0 Å². The number of halogens is 2. The van der Waals surface area contributed by atoms with E-state index in [0.29, 0.717) is 27.8 Å². The van der Waals surface area contributed by atoms with Gasteiger partial charge in [0.25, 0.3) is 5.91 Å². The van der Waals surface area contributed by atoms with E-state index in [1.165, 1.54) is 32.1 Å². The molecule has 0 fully saturated rings. The molecule has 0 aliphatic rings. The van der Waals surface area contributed by atoms with Gasteiger partial charge >= 0.3 is 0 Å². The Morgan fingerprint density at radius 1 is 0.968 bits per heavy atom. The van der Waals surface area contributed by atoms with Gasteiger partial charge in [-0.15, -0.1) is 0 Å². The number of carbonyl (C=O) groups excluding carboxylic acids is 1. The Morgan fingerprint density at radius 3 is 2.42 bits per heavy atom. The Bertz CT molecular complexity index is 1050. The number of para-hydroxylation sites is 1. The van der Waals surface area contributed by atoms with Gasteiger partial charge in [-0.1, -0.05) is 86.8 Å². The Balaban J connectivity index is 1.81. The second kappa shape index (κ2) is 11.5. The molecular formula is C26H30Cl2N2O. The summed E-state index contributed by atoms with van der Waals surface area (Å²) < 4.78 is 0. The number of unbranched alkanes of at least 4 members (excludes halogenated alkanes) is 6. The minimum absolute atomic E-state index is 0.0616. The number of hydrogen-bond acceptors (Lipinski definition) is 2. The summed E-state index contributed by atoms with van der Waals surface area (Å²) in [5.41, 5.74) is 3.74. The summed E-state index contributed by atoms with van der Waals surface area (Å²) in [5, 5.41) is 5.06. The van der Waals surface area contributed by atoms with Gasteiger partial charge in [0.15, 0.2) is 0 Å². The average molecular weight is 457 g/mol.